The number of carbonyl (C=O) groups is 6. The van der Waals surface area contributed by atoms with Crippen molar-refractivity contribution in [1.82, 2.24) is 0 Å². The number of ketones is 1. The first-order chi connectivity index (χ1) is 28.9. The zero-order valence-electron chi connectivity index (χ0n) is 35.0. The van der Waals surface area contributed by atoms with Crippen LogP contribution in [0.4, 0.5) is 4.79 Å². The van der Waals surface area contributed by atoms with Crippen molar-refractivity contribution in [2.24, 2.45) is 16.7 Å². The van der Waals surface area contributed by atoms with Crippen molar-refractivity contribution in [3.63, 3.8) is 0 Å². The number of carbonyl (C=O) groups excluding carboxylic acids is 6. The second kappa shape index (κ2) is 15.2. The van der Waals surface area contributed by atoms with Crippen LogP contribution in [0.1, 0.15) is 66.0 Å². The number of hydrogen-bond donors (Lipinski definition) is 0. The minimum absolute atomic E-state index is 0.112. The van der Waals surface area contributed by atoms with Gasteiger partial charge in [-0.1, -0.05) is 80.6 Å². The lowest BCUT2D eigenvalue weighted by atomic mass is 9.44. The fourth-order valence-corrected chi connectivity index (χ4v) is 10.8. The molecule has 2 heterocycles. The molecule has 5 aliphatic rings. The van der Waals surface area contributed by atoms with Crippen molar-refractivity contribution in [2.75, 3.05) is 6.61 Å². The van der Waals surface area contributed by atoms with E-state index in [9.17, 15) is 24.0 Å². The fraction of sp³-hybridized carbons (Fsp3) is 0.447. The van der Waals surface area contributed by atoms with Crippen LogP contribution in [-0.4, -0.2) is 90.2 Å². The molecule has 2 aliphatic heterocycles. The molecule has 1 spiro atoms. The number of Topliss-reactive ketones (excluding diaryl/α,β-unsaturated/α-hetero) is 1. The Hall–Kier alpha value is -5.86. The van der Waals surface area contributed by atoms with E-state index in [0.717, 1.165) is 23.3 Å². The molecule has 0 N–H and O–H groups in total. The van der Waals surface area contributed by atoms with Gasteiger partial charge >= 0.3 is 30.0 Å². The molecule has 0 radical (unpaired) electrons. The number of rotatable bonds is 9. The van der Waals surface area contributed by atoms with E-state index < -0.39 is 100 Å². The molecule has 8 rings (SSSR count). The minimum atomic E-state index is -1.99. The molecule has 0 unspecified atom stereocenters. The summed E-state index contributed by atoms with van der Waals surface area (Å²) in [6.07, 6.45) is -6.58. The molecule has 0 aromatic heterocycles. The zero-order valence-corrected chi connectivity index (χ0v) is 35.0. The average Bonchev–Trinajstić information content (AvgIpc) is 3.57. The van der Waals surface area contributed by atoms with E-state index >= 15 is 4.79 Å². The predicted molar refractivity (Wildman–Crippen MR) is 215 cm³/mol. The Balaban J connectivity index is 1.36. The third-order valence-electron chi connectivity index (χ3n) is 13.4. The first-order valence-corrected chi connectivity index (χ1v) is 20.3. The van der Waals surface area contributed by atoms with Crippen LogP contribution in [-0.2, 0) is 68.5 Å². The lowest BCUT2D eigenvalue weighted by Gasteiger charge is -2.67. The van der Waals surface area contributed by atoms with E-state index in [2.05, 4.69) is 0 Å². The number of esters is 4. The molecule has 4 fully saturated rings. The average molecular weight is 837 g/mol. The number of benzene rings is 3. The van der Waals surface area contributed by atoms with Gasteiger partial charge in [0.05, 0.1) is 24.5 Å². The topological polar surface area (TPSA) is 176 Å². The van der Waals surface area contributed by atoms with Gasteiger partial charge in [-0.15, -0.1) is 0 Å². The van der Waals surface area contributed by atoms with E-state index in [1.807, 2.05) is 72.8 Å². The van der Waals surface area contributed by atoms with E-state index in [-0.39, 0.29) is 30.8 Å². The van der Waals surface area contributed by atoms with Gasteiger partial charge in [-0.25, -0.2) is 9.59 Å². The van der Waals surface area contributed by atoms with Gasteiger partial charge in [-0.05, 0) is 59.0 Å². The molecule has 2 saturated heterocycles. The fourth-order valence-electron chi connectivity index (χ4n) is 10.8. The summed E-state index contributed by atoms with van der Waals surface area (Å²) in [5, 5.41) is 1.98. The molecular formula is C47H48O14. The maximum Gasteiger partial charge on any atom is 0.509 e. The third-order valence-corrected chi connectivity index (χ3v) is 13.4. The Morgan fingerprint density at radius 2 is 1.52 bits per heavy atom. The molecular weight excluding hydrogens is 789 g/mol. The van der Waals surface area contributed by atoms with Crippen molar-refractivity contribution in [3.05, 3.63) is 101 Å². The molecule has 3 aliphatic carbocycles. The van der Waals surface area contributed by atoms with E-state index in [0.29, 0.717) is 5.56 Å². The monoisotopic (exact) mass is 836 g/mol. The summed E-state index contributed by atoms with van der Waals surface area (Å²) in [6.45, 7) is 9.82. The minimum Gasteiger partial charge on any atom is -0.458 e. The lowest BCUT2D eigenvalue weighted by Crippen LogP contribution is -2.83. The summed E-state index contributed by atoms with van der Waals surface area (Å²) in [4.78, 5) is 83.1. The third kappa shape index (κ3) is 6.62. The number of hydrogen-bond acceptors (Lipinski definition) is 14. The van der Waals surface area contributed by atoms with Gasteiger partial charge in [0.15, 0.2) is 35.3 Å². The molecule has 3 aromatic rings. The molecule has 3 aromatic carbocycles. The van der Waals surface area contributed by atoms with Crippen LogP contribution in [0, 0.1) is 16.7 Å². The zero-order chi connectivity index (χ0) is 43.6. The van der Waals surface area contributed by atoms with Gasteiger partial charge < -0.3 is 37.9 Å². The molecule has 320 valence electrons. The van der Waals surface area contributed by atoms with Gasteiger partial charge in [0.2, 0.25) is 0 Å². The number of ether oxygens (including phenoxy) is 8. The Bertz CT molecular complexity index is 2380. The van der Waals surface area contributed by atoms with Crippen LogP contribution < -0.4 is 0 Å². The van der Waals surface area contributed by atoms with E-state index in [1.54, 1.807) is 33.8 Å². The quantitative estimate of drug-likeness (QED) is 0.104. The summed E-state index contributed by atoms with van der Waals surface area (Å²) in [5.74, 6) is -5.13. The SMILES string of the molecule is CC(=O)O[C@H]1C(=O)[C@]2(C)[C@@H](OC(=O)/C=C/c3ccc4ccccc4c3)C[C@H]3OC[C@@]3(OC(C)=O)[C@H]2[C@H](OCc2ccccc2)[C@]23OC(=O)O[C@H]2[C@H](OC(C)=O)C(C)=C1C3(C)C. The van der Waals surface area contributed by atoms with E-state index in [4.69, 9.17) is 37.9 Å². The molecule has 10 atom stereocenters. The van der Waals surface area contributed by atoms with Crippen molar-refractivity contribution < 1.29 is 66.7 Å². The van der Waals surface area contributed by atoms with Gasteiger partial charge in [0.1, 0.15) is 18.3 Å². The van der Waals surface area contributed by atoms with Crippen LogP contribution in [0.2, 0.25) is 0 Å². The van der Waals surface area contributed by atoms with Crippen molar-refractivity contribution >= 4 is 52.7 Å². The first kappa shape index (κ1) is 41.9. The normalized spacial score (nSPS) is 33.4. The van der Waals surface area contributed by atoms with Crippen LogP contribution in [0.15, 0.2) is 90.0 Å². The van der Waals surface area contributed by atoms with Crippen LogP contribution >= 0.6 is 0 Å². The second-order valence-corrected chi connectivity index (χ2v) is 17.2. The van der Waals surface area contributed by atoms with E-state index in [1.165, 1.54) is 19.9 Å². The molecule has 14 heteroatoms. The highest BCUT2D eigenvalue weighted by Gasteiger charge is 2.83. The summed E-state index contributed by atoms with van der Waals surface area (Å²) < 4.78 is 50.2. The van der Waals surface area contributed by atoms with Crippen molar-refractivity contribution in [1.29, 1.82) is 0 Å². The van der Waals surface area contributed by atoms with Crippen LogP contribution in [0.25, 0.3) is 16.8 Å². The second-order valence-electron chi connectivity index (χ2n) is 17.2. The Morgan fingerprint density at radius 3 is 2.18 bits per heavy atom. The van der Waals surface area contributed by atoms with Gasteiger partial charge in [-0.2, -0.15) is 0 Å². The highest BCUT2D eigenvalue weighted by Crippen LogP contribution is 2.67. The molecule has 2 saturated carbocycles. The van der Waals surface area contributed by atoms with Crippen molar-refractivity contribution in [3.8, 4) is 0 Å². The van der Waals surface area contributed by atoms with Crippen molar-refractivity contribution in [2.45, 2.75) is 109 Å². The highest BCUT2D eigenvalue weighted by atomic mass is 16.8. The molecule has 61 heavy (non-hydrogen) atoms. The Labute approximate surface area is 352 Å². The summed E-state index contributed by atoms with van der Waals surface area (Å²) in [6, 6.07) is 22.6. The Kier molecular flexibility index (Phi) is 10.5. The van der Waals surface area contributed by atoms with Gasteiger partial charge in [0, 0.05) is 38.7 Å². The first-order valence-electron chi connectivity index (χ1n) is 20.3. The maximum atomic E-state index is 16.0. The molecule has 14 nitrogen and oxygen atoms in total. The summed E-state index contributed by atoms with van der Waals surface area (Å²) in [5.41, 5.74) is -5.20. The maximum absolute atomic E-state index is 16.0. The number of fused-ring (bicyclic) bond motifs is 5. The largest absolute Gasteiger partial charge is 0.509 e. The Morgan fingerprint density at radius 1 is 0.836 bits per heavy atom. The lowest BCUT2D eigenvalue weighted by molar-refractivity contribution is -0.351. The summed E-state index contributed by atoms with van der Waals surface area (Å²) >= 11 is 0. The summed E-state index contributed by atoms with van der Waals surface area (Å²) in [7, 11) is 0. The molecule has 0 amide bonds. The van der Waals surface area contributed by atoms with Gasteiger partial charge in [0.25, 0.3) is 0 Å². The standard InChI is InChI=1S/C47H48O14/c1-25-36-38(57-27(3)49)40(52)45(7)33(58-35(51)20-18-29-17-19-31-15-11-12-16-32(31)21-29)22-34-46(24-55-34,60-28(4)50)39(45)42(54-23-30-13-9-8-10-14-30)47(44(36,5)6)41(59-43(53)61-47)37(25)56-26(2)48/h8-21,33-34,37-39,41-42H,22-24H2,1-7H3/b20-18+/t33-,34+,37+,38+,39-,41-,42-,45+,46-,47+/m0/s1. The predicted octanol–water partition coefficient (Wildman–Crippen LogP) is 6.15. The van der Waals surface area contributed by atoms with Gasteiger partial charge in [-0.3, -0.25) is 19.2 Å². The smallest absolute Gasteiger partial charge is 0.458 e. The van der Waals surface area contributed by atoms with Crippen LogP contribution in [0.3, 0.4) is 0 Å². The highest BCUT2D eigenvalue weighted by molar-refractivity contribution is 5.96. The van der Waals surface area contributed by atoms with Crippen LogP contribution in [0.5, 0.6) is 0 Å². The molecule has 2 bridgehead atoms.